The Morgan fingerprint density at radius 2 is 1.73 bits per heavy atom. The van der Waals surface area contributed by atoms with Crippen LogP contribution in [-0.2, 0) is 13.2 Å². The summed E-state index contributed by atoms with van der Waals surface area (Å²) in [5.74, 6) is 1.26. The number of imidazole rings is 1. The molecule has 1 aromatic heterocycles. The van der Waals surface area contributed by atoms with Gasteiger partial charge >= 0.3 is 0 Å². The molecule has 5 heteroatoms. The number of aliphatic hydroxyl groups is 2. The Morgan fingerprint density at radius 3 is 2.58 bits per heavy atom. The number of rotatable bonds is 6. The molecule has 132 valence electrons. The first-order valence-electron chi connectivity index (χ1n) is 8.59. The molecule has 0 spiro atoms. The van der Waals surface area contributed by atoms with Crippen LogP contribution in [0, 0.1) is 0 Å². The van der Waals surface area contributed by atoms with Crippen molar-refractivity contribution in [2.45, 2.75) is 19.3 Å². The zero-order chi connectivity index (χ0) is 17.9. The van der Waals surface area contributed by atoms with Crippen molar-refractivity contribution in [3.63, 3.8) is 0 Å². The Hall–Kier alpha value is -2.89. The number of ether oxygens (including phenoxy) is 1. The average molecular weight is 348 g/mol. The molecule has 0 bridgehead atoms. The molecule has 4 rings (SSSR count). The van der Waals surface area contributed by atoms with Crippen molar-refractivity contribution < 1.29 is 14.9 Å². The van der Waals surface area contributed by atoms with Crippen LogP contribution >= 0.6 is 0 Å². The lowest BCUT2D eigenvalue weighted by Crippen LogP contribution is -2.24. The number of benzene rings is 3. The molecule has 26 heavy (non-hydrogen) atoms. The Kier molecular flexibility index (Phi) is 4.56. The van der Waals surface area contributed by atoms with Gasteiger partial charge < -0.3 is 19.5 Å². The minimum Gasteiger partial charge on any atom is -0.491 e. The normalized spacial score (nSPS) is 12.5. The van der Waals surface area contributed by atoms with Crippen LogP contribution in [0.25, 0.3) is 21.8 Å². The van der Waals surface area contributed by atoms with E-state index in [1.165, 1.54) is 0 Å². The van der Waals surface area contributed by atoms with Gasteiger partial charge in [0.2, 0.25) is 0 Å². The first-order valence-corrected chi connectivity index (χ1v) is 8.59. The van der Waals surface area contributed by atoms with Crippen molar-refractivity contribution >= 4 is 21.8 Å². The van der Waals surface area contributed by atoms with Crippen molar-refractivity contribution in [2.24, 2.45) is 0 Å². The molecule has 0 saturated carbocycles. The first-order chi connectivity index (χ1) is 12.7. The van der Waals surface area contributed by atoms with Gasteiger partial charge in [-0.2, -0.15) is 0 Å². The molecule has 0 aliphatic heterocycles. The Morgan fingerprint density at radius 1 is 0.962 bits per heavy atom. The van der Waals surface area contributed by atoms with Crippen LogP contribution in [-0.4, -0.2) is 32.5 Å². The largest absolute Gasteiger partial charge is 0.491 e. The highest BCUT2D eigenvalue weighted by Gasteiger charge is 2.14. The van der Waals surface area contributed by atoms with Gasteiger partial charge in [-0.1, -0.05) is 42.5 Å². The molecular formula is C21H20N2O3. The molecule has 0 fully saturated rings. The van der Waals surface area contributed by atoms with Crippen LogP contribution in [0.5, 0.6) is 5.75 Å². The maximum atomic E-state index is 10.4. The molecule has 1 atom stereocenters. The summed E-state index contributed by atoms with van der Waals surface area (Å²) in [6, 6.07) is 21.6. The molecule has 1 heterocycles. The van der Waals surface area contributed by atoms with Gasteiger partial charge in [0.15, 0.2) is 0 Å². The summed E-state index contributed by atoms with van der Waals surface area (Å²) in [5, 5.41) is 22.2. The fourth-order valence-corrected chi connectivity index (χ4v) is 3.16. The molecule has 0 amide bonds. The minimum atomic E-state index is -0.718. The summed E-state index contributed by atoms with van der Waals surface area (Å²) in [5.41, 5.74) is 1.69. The van der Waals surface area contributed by atoms with Gasteiger partial charge in [-0.25, -0.2) is 4.98 Å². The summed E-state index contributed by atoms with van der Waals surface area (Å²) in [6.45, 7) is 0.298. The van der Waals surface area contributed by atoms with E-state index in [1.807, 2.05) is 65.2 Å². The smallest absolute Gasteiger partial charge is 0.135 e. The summed E-state index contributed by atoms with van der Waals surface area (Å²) in [7, 11) is 0. The van der Waals surface area contributed by atoms with E-state index < -0.39 is 6.10 Å². The number of fused-ring (bicyclic) bond motifs is 2. The van der Waals surface area contributed by atoms with Crippen LogP contribution in [0.1, 0.15) is 5.82 Å². The zero-order valence-electron chi connectivity index (χ0n) is 14.2. The van der Waals surface area contributed by atoms with Crippen molar-refractivity contribution in [3.05, 3.63) is 72.6 Å². The Bertz CT molecular complexity index is 1040. The second-order valence-electron chi connectivity index (χ2n) is 6.26. The fraction of sp³-hybridized carbons (Fsp3) is 0.190. The van der Waals surface area contributed by atoms with Crippen molar-refractivity contribution in [1.82, 2.24) is 9.55 Å². The average Bonchev–Trinajstić information content (AvgIpc) is 3.04. The maximum absolute atomic E-state index is 10.4. The number of para-hydroxylation sites is 2. The SMILES string of the molecule is OCc1nc2ccccc2n1CC(O)COc1ccc2ccccc2c1. The van der Waals surface area contributed by atoms with Gasteiger partial charge in [-0.15, -0.1) is 0 Å². The van der Waals surface area contributed by atoms with Gasteiger partial charge in [-0.3, -0.25) is 0 Å². The number of hydrogen-bond donors (Lipinski definition) is 2. The van der Waals surface area contributed by atoms with E-state index in [0.29, 0.717) is 12.4 Å². The van der Waals surface area contributed by atoms with E-state index >= 15 is 0 Å². The third-order valence-corrected chi connectivity index (χ3v) is 4.43. The second-order valence-corrected chi connectivity index (χ2v) is 6.26. The molecule has 5 nitrogen and oxygen atoms in total. The van der Waals surface area contributed by atoms with E-state index in [2.05, 4.69) is 11.1 Å². The lowest BCUT2D eigenvalue weighted by atomic mass is 10.1. The van der Waals surface area contributed by atoms with Crippen LogP contribution < -0.4 is 4.74 Å². The lowest BCUT2D eigenvalue weighted by Gasteiger charge is -2.15. The van der Waals surface area contributed by atoms with Crippen LogP contribution in [0.4, 0.5) is 0 Å². The monoisotopic (exact) mass is 348 g/mol. The van der Waals surface area contributed by atoms with E-state index in [-0.39, 0.29) is 13.2 Å². The Balaban J connectivity index is 1.47. The molecule has 0 aliphatic carbocycles. The van der Waals surface area contributed by atoms with Crippen molar-refractivity contribution in [1.29, 1.82) is 0 Å². The molecule has 0 radical (unpaired) electrons. The molecule has 1 unspecified atom stereocenters. The van der Waals surface area contributed by atoms with E-state index in [9.17, 15) is 10.2 Å². The standard InChI is InChI=1S/C21H20N2O3/c24-13-21-22-19-7-3-4-8-20(19)23(21)12-17(25)14-26-18-10-9-15-5-1-2-6-16(15)11-18/h1-11,17,24-25H,12-14H2. The van der Waals surface area contributed by atoms with E-state index in [1.54, 1.807) is 0 Å². The Labute approximate surface area is 151 Å². The van der Waals surface area contributed by atoms with E-state index in [0.717, 1.165) is 27.6 Å². The van der Waals surface area contributed by atoms with Gasteiger partial charge in [0.05, 0.1) is 17.6 Å². The zero-order valence-corrected chi connectivity index (χ0v) is 14.2. The summed E-state index contributed by atoms with van der Waals surface area (Å²) in [4.78, 5) is 4.40. The van der Waals surface area contributed by atoms with Crippen molar-refractivity contribution in [2.75, 3.05) is 6.61 Å². The molecule has 2 N–H and O–H groups in total. The third-order valence-electron chi connectivity index (χ3n) is 4.43. The molecule has 0 aliphatic rings. The van der Waals surface area contributed by atoms with Gasteiger partial charge in [0, 0.05) is 0 Å². The number of hydrogen-bond acceptors (Lipinski definition) is 4. The van der Waals surface area contributed by atoms with Gasteiger partial charge in [-0.05, 0) is 35.0 Å². The van der Waals surface area contributed by atoms with Crippen LogP contribution in [0.2, 0.25) is 0 Å². The van der Waals surface area contributed by atoms with Crippen LogP contribution in [0.15, 0.2) is 66.7 Å². The fourth-order valence-electron chi connectivity index (χ4n) is 3.16. The highest BCUT2D eigenvalue weighted by atomic mass is 16.5. The summed E-state index contributed by atoms with van der Waals surface area (Å²) >= 11 is 0. The van der Waals surface area contributed by atoms with E-state index in [4.69, 9.17) is 4.74 Å². The van der Waals surface area contributed by atoms with Crippen molar-refractivity contribution in [3.8, 4) is 5.75 Å². The topological polar surface area (TPSA) is 67.5 Å². The van der Waals surface area contributed by atoms with Gasteiger partial charge in [0.1, 0.15) is 30.9 Å². The molecule has 3 aromatic carbocycles. The predicted octanol–water partition coefficient (Wildman–Crippen LogP) is 3.12. The van der Waals surface area contributed by atoms with Crippen LogP contribution in [0.3, 0.4) is 0 Å². The molecular weight excluding hydrogens is 328 g/mol. The first kappa shape index (κ1) is 16.6. The summed E-state index contributed by atoms with van der Waals surface area (Å²) in [6.07, 6.45) is -0.718. The number of aliphatic hydroxyl groups excluding tert-OH is 2. The predicted molar refractivity (Wildman–Crippen MR) is 101 cm³/mol. The highest BCUT2D eigenvalue weighted by molar-refractivity contribution is 5.83. The molecule has 4 aromatic rings. The summed E-state index contributed by atoms with van der Waals surface area (Å²) < 4.78 is 7.60. The quantitative estimate of drug-likeness (QED) is 0.562. The minimum absolute atomic E-state index is 0.162. The lowest BCUT2D eigenvalue weighted by molar-refractivity contribution is 0.0915. The number of nitrogens with zero attached hydrogens (tertiary/aromatic N) is 2. The number of aromatic nitrogens is 2. The third kappa shape index (κ3) is 3.27. The van der Waals surface area contributed by atoms with Gasteiger partial charge in [0.25, 0.3) is 0 Å². The second kappa shape index (κ2) is 7.15. The molecule has 0 saturated heterocycles. The maximum Gasteiger partial charge on any atom is 0.135 e. The highest BCUT2D eigenvalue weighted by Crippen LogP contribution is 2.21.